The smallest absolute Gasteiger partial charge is 0.0406 e. The molecule has 3 aromatic rings. The van der Waals surface area contributed by atoms with Gasteiger partial charge in [-0.3, -0.25) is 0 Å². The Balaban J connectivity index is 1.69. The normalized spacial score (nSPS) is 10.8. The SMILES string of the molecule is Clc1ccc(SCCc2cccc3ccccc23)cc1. The quantitative estimate of drug-likeness (QED) is 0.546. The molecule has 0 fully saturated rings. The maximum Gasteiger partial charge on any atom is 0.0406 e. The third-order valence-corrected chi connectivity index (χ3v) is 4.60. The summed E-state index contributed by atoms with van der Waals surface area (Å²) in [7, 11) is 0. The van der Waals surface area contributed by atoms with E-state index in [1.165, 1.54) is 21.2 Å². The number of rotatable bonds is 4. The molecule has 0 nitrogen and oxygen atoms in total. The van der Waals surface area contributed by atoms with Gasteiger partial charge in [-0.1, -0.05) is 54.1 Å². The summed E-state index contributed by atoms with van der Waals surface area (Å²) in [5, 5.41) is 3.48. The van der Waals surface area contributed by atoms with Crippen molar-refractivity contribution >= 4 is 34.1 Å². The monoisotopic (exact) mass is 298 g/mol. The van der Waals surface area contributed by atoms with Crippen molar-refractivity contribution in [1.29, 1.82) is 0 Å². The van der Waals surface area contributed by atoms with Gasteiger partial charge in [0.25, 0.3) is 0 Å². The van der Waals surface area contributed by atoms with Gasteiger partial charge in [-0.05, 0) is 47.0 Å². The lowest BCUT2D eigenvalue weighted by atomic mass is 10.0. The second-order valence-electron chi connectivity index (χ2n) is 4.69. The molecule has 0 radical (unpaired) electrons. The summed E-state index contributed by atoms with van der Waals surface area (Å²) in [6, 6.07) is 23.2. The molecule has 100 valence electrons. The molecule has 0 spiro atoms. The highest BCUT2D eigenvalue weighted by Gasteiger charge is 2.01. The molecule has 0 saturated heterocycles. The third kappa shape index (κ3) is 3.17. The van der Waals surface area contributed by atoms with Crippen LogP contribution < -0.4 is 0 Å². The van der Waals surface area contributed by atoms with Gasteiger partial charge in [0, 0.05) is 15.7 Å². The first kappa shape index (κ1) is 13.5. The molecule has 0 heterocycles. The van der Waals surface area contributed by atoms with Gasteiger partial charge in [0.2, 0.25) is 0 Å². The number of hydrogen-bond donors (Lipinski definition) is 0. The minimum absolute atomic E-state index is 0.795. The average molecular weight is 299 g/mol. The Morgan fingerprint density at radius 1 is 0.800 bits per heavy atom. The predicted octanol–water partition coefficient (Wildman–Crippen LogP) is 5.83. The van der Waals surface area contributed by atoms with E-state index in [0.717, 1.165) is 17.2 Å². The zero-order valence-corrected chi connectivity index (χ0v) is 12.6. The van der Waals surface area contributed by atoms with Gasteiger partial charge in [-0.2, -0.15) is 0 Å². The van der Waals surface area contributed by atoms with Crippen LogP contribution >= 0.6 is 23.4 Å². The summed E-state index contributed by atoms with van der Waals surface area (Å²) in [5.74, 6) is 1.08. The Kier molecular flexibility index (Phi) is 4.29. The summed E-state index contributed by atoms with van der Waals surface area (Å²) >= 11 is 7.77. The minimum Gasteiger partial charge on any atom is -0.126 e. The zero-order chi connectivity index (χ0) is 13.8. The Morgan fingerprint density at radius 2 is 1.55 bits per heavy atom. The molecule has 0 bridgehead atoms. The molecule has 0 aliphatic carbocycles. The van der Waals surface area contributed by atoms with Crippen LogP contribution in [0.3, 0.4) is 0 Å². The number of aryl methyl sites for hydroxylation is 1. The summed E-state index contributed by atoms with van der Waals surface area (Å²) < 4.78 is 0. The molecule has 0 N–H and O–H groups in total. The molecule has 3 aromatic carbocycles. The number of hydrogen-bond acceptors (Lipinski definition) is 1. The fraction of sp³-hybridized carbons (Fsp3) is 0.111. The van der Waals surface area contributed by atoms with Crippen LogP contribution in [0.1, 0.15) is 5.56 Å². The lowest BCUT2D eigenvalue weighted by Gasteiger charge is -2.06. The molecule has 0 atom stereocenters. The summed E-state index contributed by atoms with van der Waals surface area (Å²) in [4.78, 5) is 1.27. The van der Waals surface area contributed by atoms with Crippen LogP contribution in [0.4, 0.5) is 0 Å². The molecular formula is C18H15ClS. The second-order valence-corrected chi connectivity index (χ2v) is 6.30. The maximum absolute atomic E-state index is 5.90. The van der Waals surface area contributed by atoms with Crippen molar-refractivity contribution < 1.29 is 0 Å². The van der Waals surface area contributed by atoms with E-state index in [2.05, 4.69) is 54.6 Å². The van der Waals surface area contributed by atoms with E-state index in [1.807, 2.05) is 23.9 Å². The fourth-order valence-corrected chi connectivity index (χ4v) is 3.33. The first-order valence-corrected chi connectivity index (χ1v) is 8.04. The van der Waals surface area contributed by atoms with Gasteiger partial charge in [0.05, 0.1) is 0 Å². The van der Waals surface area contributed by atoms with E-state index < -0.39 is 0 Å². The van der Waals surface area contributed by atoms with Gasteiger partial charge in [-0.25, -0.2) is 0 Å². The van der Waals surface area contributed by atoms with Crippen molar-refractivity contribution in [2.45, 2.75) is 11.3 Å². The van der Waals surface area contributed by atoms with Crippen molar-refractivity contribution in [2.24, 2.45) is 0 Å². The molecule has 0 saturated carbocycles. The number of fused-ring (bicyclic) bond motifs is 1. The Labute approximate surface area is 128 Å². The standard InChI is InChI=1S/C18H15ClS/c19-16-8-10-17(11-9-16)20-13-12-15-6-3-5-14-4-1-2-7-18(14)15/h1-11H,12-13H2. The van der Waals surface area contributed by atoms with Crippen molar-refractivity contribution in [3.63, 3.8) is 0 Å². The summed E-state index contributed by atoms with van der Waals surface area (Å²) in [6.45, 7) is 0. The van der Waals surface area contributed by atoms with Crippen LogP contribution in [0, 0.1) is 0 Å². The molecule has 2 heteroatoms. The van der Waals surface area contributed by atoms with Crippen LogP contribution in [0.15, 0.2) is 71.6 Å². The van der Waals surface area contributed by atoms with Gasteiger partial charge in [0.15, 0.2) is 0 Å². The van der Waals surface area contributed by atoms with E-state index >= 15 is 0 Å². The van der Waals surface area contributed by atoms with Crippen LogP contribution in [0.2, 0.25) is 5.02 Å². The maximum atomic E-state index is 5.90. The molecule has 0 aliphatic heterocycles. The Morgan fingerprint density at radius 3 is 2.40 bits per heavy atom. The van der Waals surface area contributed by atoms with Crippen LogP contribution in [0.5, 0.6) is 0 Å². The van der Waals surface area contributed by atoms with Crippen molar-refractivity contribution in [3.05, 3.63) is 77.3 Å². The molecule has 0 amide bonds. The topological polar surface area (TPSA) is 0 Å². The lowest BCUT2D eigenvalue weighted by molar-refractivity contribution is 1.17. The van der Waals surface area contributed by atoms with E-state index in [0.29, 0.717) is 0 Å². The molecule has 0 aliphatic rings. The zero-order valence-electron chi connectivity index (χ0n) is 11.1. The lowest BCUT2D eigenvalue weighted by Crippen LogP contribution is -1.90. The number of thioether (sulfide) groups is 1. The van der Waals surface area contributed by atoms with Crippen LogP contribution in [-0.4, -0.2) is 5.75 Å². The average Bonchev–Trinajstić information content (AvgIpc) is 2.49. The van der Waals surface area contributed by atoms with E-state index in [9.17, 15) is 0 Å². The first-order valence-electron chi connectivity index (χ1n) is 6.68. The number of benzene rings is 3. The van der Waals surface area contributed by atoms with Gasteiger partial charge < -0.3 is 0 Å². The second kappa shape index (κ2) is 6.34. The largest absolute Gasteiger partial charge is 0.126 e. The molecule has 20 heavy (non-hydrogen) atoms. The number of halogens is 1. The van der Waals surface area contributed by atoms with Crippen LogP contribution in [-0.2, 0) is 6.42 Å². The highest BCUT2D eigenvalue weighted by molar-refractivity contribution is 7.99. The van der Waals surface area contributed by atoms with E-state index in [1.54, 1.807) is 0 Å². The van der Waals surface area contributed by atoms with Gasteiger partial charge >= 0.3 is 0 Å². The summed E-state index contributed by atoms with van der Waals surface area (Å²) in [6.07, 6.45) is 1.08. The highest BCUT2D eigenvalue weighted by Crippen LogP contribution is 2.24. The van der Waals surface area contributed by atoms with Gasteiger partial charge in [-0.15, -0.1) is 11.8 Å². The van der Waals surface area contributed by atoms with Crippen molar-refractivity contribution in [1.82, 2.24) is 0 Å². The molecule has 3 rings (SSSR count). The van der Waals surface area contributed by atoms with Crippen LogP contribution in [0.25, 0.3) is 10.8 Å². The fourth-order valence-electron chi connectivity index (χ4n) is 2.32. The third-order valence-electron chi connectivity index (χ3n) is 3.33. The van der Waals surface area contributed by atoms with E-state index in [4.69, 9.17) is 11.6 Å². The Bertz CT molecular complexity index is 699. The predicted molar refractivity (Wildman–Crippen MR) is 89.8 cm³/mol. The molecule has 0 unspecified atom stereocenters. The summed E-state index contributed by atoms with van der Waals surface area (Å²) in [5.41, 5.74) is 1.42. The van der Waals surface area contributed by atoms with Gasteiger partial charge in [0.1, 0.15) is 0 Å². The van der Waals surface area contributed by atoms with E-state index in [-0.39, 0.29) is 0 Å². The molecule has 0 aromatic heterocycles. The molecular weight excluding hydrogens is 284 g/mol. The minimum atomic E-state index is 0.795. The Hall–Kier alpha value is -1.44. The highest BCUT2D eigenvalue weighted by atomic mass is 35.5. The van der Waals surface area contributed by atoms with Crippen molar-refractivity contribution in [2.75, 3.05) is 5.75 Å². The van der Waals surface area contributed by atoms with Crippen molar-refractivity contribution in [3.8, 4) is 0 Å². The first-order chi connectivity index (χ1) is 9.83.